The minimum atomic E-state index is -0.714. The van der Waals surface area contributed by atoms with Crippen LogP contribution in [0.3, 0.4) is 0 Å². The van der Waals surface area contributed by atoms with Crippen LogP contribution in [0.1, 0.15) is 25.5 Å². The Morgan fingerprint density at radius 2 is 2.44 bits per heavy atom. The van der Waals surface area contributed by atoms with Gasteiger partial charge in [-0.3, -0.25) is 4.79 Å². The number of hydrogen-bond donors (Lipinski definition) is 1. The van der Waals surface area contributed by atoms with Crippen molar-refractivity contribution in [3.8, 4) is 6.07 Å². The molecule has 1 fully saturated rings. The number of nitriles is 1. The summed E-state index contributed by atoms with van der Waals surface area (Å²) < 4.78 is 0. The minimum Gasteiger partial charge on any atom is -0.481 e. The third-order valence-electron chi connectivity index (χ3n) is 3.42. The van der Waals surface area contributed by atoms with Crippen molar-refractivity contribution in [1.29, 1.82) is 5.26 Å². The van der Waals surface area contributed by atoms with E-state index in [1.165, 1.54) is 0 Å². The van der Waals surface area contributed by atoms with E-state index in [4.69, 9.17) is 10.4 Å². The first-order valence-corrected chi connectivity index (χ1v) is 5.97. The maximum absolute atomic E-state index is 11.0. The van der Waals surface area contributed by atoms with E-state index in [-0.39, 0.29) is 12.0 Å². The van der Waals surface area contributed by atoms with Crippen LogP contribution in [0.2, 0.25) is 0 Å². The Morgan fingerprint density at radius 3 is 3.06 bits per heavy atom. The first-order valence-electron chi connectivity index (χ1n) is 5.97. The second-order valence-electron chi connectivity index (χ2n) is 4.61. The van der Waals surface area contributed by atoms with Gasteiger partial charge in [-0.25, -0.2) is 4.98 Å². The number of aromatic nitrogens is 1. The molecule has 1 aromatic heterocycles. The van der Waals surface area contributed by atoms with Gasteiger partial charge in [0.1, 0.15) is 11.8 Å². The van der Waals surface area contributed by atoms with Gasteiger partial charge < -0.3 is 10.0 Å². The number of rotatable bonds is 2. The van der Waals surface area contributed by atoms with Crippen molar-refractivity contribution in [2.75, 3.05) is 11.4 Å². The Morgan fingerprint density at radius 1 is 1.67 bits per heavy atom. The van der Waals surface area contributed by atoms with E-state index in [2.05, 4.69) is 9.88 Å². The normalized spacial score (nSPS) is 23.4. The van der Waals surface area contributed by atoms with E-state index in [1.54, 1.807) is 12.3 Å². The first kappa shape index (κ1) is 12.4. The Kier molecular flexibility index (Phi) is 3.47. The molecule has 0 bridgehead atoms. The summed E-state index contributed by atoms with van der Waals surface area (Å²) >= 11 is 0. The summed E-state index contributed by atoms with van der Waals surface area (Å²) in [6, 6.07) is 5.78. The molecule has 0 aliphatic carbocycles. The predicted octanol–water partition coefficient (Wildman–Crippen LogP) is 1.64. The van der Waals surface area contributed by atoms with E-state index < -0.39 is 5.97 Å². The molecular formula is C13H15N3O2. The van der Waals surface area contributed by atoms with Crippen molar-refractivity contribution >= 4 is 11.7 Å². The van der Waals surface area contributed by atoms with Gasteiger partial charge in [0, 0.05) is 24.5 Å². The molecule has 1 aliphatic rings. The lowest BCUT2D eigenvalue weighted by molar-refractivity contribution is -0.142. The van der Waals surface area contributed by atoms with Crippen molar-refractivity contribution in [2.24, 2.45) is 5.92 Å². The van der Waals surface area contributed by atoms with Gasteiger partial charge in [0.2, 0.25) is 0 Å². The van der Waals surface area contributed by atoms with Gasteiger partial charge >= 0.3 is 5.97 Å². The maximum atomic E-state index is 11.0. The smallest absolute Gasteiger partial charge is 0.306 e. The third-order valence-corrected chi connectivity index (χ3v) is 3.42. The number of carboxylic acids is 1. The highest BCUT2D eigenvalue weighted by Crippen LogP contribution is 2.28. The third kappa shape index (κ3) is 2.43. The summed E-state index contributed by atoms with van der Waals surface area (Å²) in [5.41, 5.74) is 1.33. The van der Waals surface area contributed by atoms with Crippen molar-refractivity contribution in [2.45, 2.75) is 25.8 Å². The zero-order valence-corrected chi connectivity index (χ0v) is 10.2. The molecule has 1 saturated heterocycles. The molecule has 2 rings (SSSR count). The van der Waals surface area contributed by atoms with Crippen LogP contribution in [-0.2, 0) is 4.79 Å². The molecular weight excluding hydrogens is 230 g/mol. The molecule has 1 aromatic rings. The van der Waals surface area contributed by atoms with Crippen LogP contribution >= 0.6 is 0 Å². The Hall–Kier alpha value is -2.09. The average Bonchev–Trinajstić information content (AvgIpc) is 2.38. The van der Waals surface area contributed by atoms with E-state index in [9.17, 15) is 4.79 Å². The van der Waals surface area contributed by atoms with Crippen molar-refractivity contribution in [3.63, 3.8) is 0 Å². The standard InChI is InChI=1S/C13H15N3O2/c1-9-6-10(13(17)18)3-5-16(9)12-2-4-15-11(7-12)8-14/h2,4,7,9-10H,3,5-6H2,1H3,(H,17,18). The van der Waals surface area contributed by atoms with Gasteiger partial charge in [-0.2, -0.15) is 5.26 Å². The topological polar surface area (TPSA) is 77.2 Å². The molecule has 0 radical (unpaired) electrons. The Balaban J connectivity index is 2.15. The molecule has 5 heteroatoms. The lowest BCUT2D eigenvalue weighted by Gasteiger charge is -2.38. The summed E-state index contributed by atoms with van der Waals surface area (Å²) in [5.74, 6) is -0.970. The van der Waals surface area contributed by atoms with Gasteiger partial charge in [0.15, 0.2) is 0 Å². The van der Waals surface area contributed by atoms with Crippen LogP contribution in [-0.4, -0.2) is 28.6 Å². The Labute approximate surface area is 106 Å². The highest BCUT2D eigenvalue weighted by Gasteiger charge is 2.29. The van der Waals surface area contributed by atoms with Gasteiger partial charge in [0.25, 0.3) is 0 Å². The van der Waals surface area contributed by atoms with E-state index in [1.807, 2.05) is 19.1 Å². The van der Waals surface area contributed by atoms with Gasteiger partial charge in [-0.15, -0.1) is 0 Å². The lowest BCUT2D eigenvalue weighted by Crippen LogP contribution is -2.42. The average molecular weight is 245 g/mol. The van der Waals surface area contributed by atoms with Crippen LogP contribution in [0.15, 0.2) is 18.3 Å². The molecule has 2 unspecified atom stereocenters. The molecule has 0 saturated carbocycles. The Bertz CT molecular complexity index is 495. The minimum absolute atomic E-state index is 0.161. The summed E-state index contributed by atoms with van der Waals surface area (Å²) in [6.45, 7) is 2.72. The SMILES string of the molecule is CC1CC(C(=O)O)CCN1c1ccnc(C#N)c1. The molecule has 1 aliphatic heterocycles. The van der Waals surface area contributed by atoms with Gasteiger partial charge in [-0.1, -0.05) is 0 Å². The molecule has 0 spiro atoms. The quantitative estimate of drug-likeness (QED) is 0.857. The van der Waals surface area contributed by atoms with Crippen molar-refractivity contribution in [1.82, 2.24) is 4.98 Å². The molecule has 1 N–H and O–H groups in total. The number of aliphatic carboxylic acids is 1. The van der Waals surface area contributed by atoms with E-state index in [0.29, 0.717) is 25.1 Å². The number of carbonyl (C=O) groups is 1. The summed E-state index contributed by atoms with van der Waals surface area (Å²) in [7, 11) is 0. The molecule has 0 amide bonds. The van der Waals surface area contributed by atoms with Crippen LogP contribution < -0.4 is 4.90 Å². The molecule has 2 atom stereocenters. The van der Waals surface area contributed by atoms with E-state index in [0.717, 1.165) is 5.69 Å². The number of anilines is 1. The summed E-state index contributed by atoms with van der Waals surface area (Å²) in [5, 5.41) is 17.9. The summed E-state index contributed by atoms with van der Waals surface area (Å²) in [4.78, 5) is 17.1. The zero-order chi connectivity index (χ0) is 13.1. The number of nitrogens with zero attached hydrogens (tertiary/aromatic N) is 3. The fourth-order valence-corrected chi connectivity index (χ4v) is 2.44. The van der Waals surface area contributed by atoms with Crippen molar-refractivity contribution in [3.05, 3.63) is 24.0 Å². The zero-order valence-electron chi connectivity index (χ0n) is 10.2. The largest absolute Gasteiger partial charge is 0.481 e. The number of pyridine rings is 1. The van der Waals surface area contributed by atoms with E-state index >= 15 is 0 Å². The number of carboxylic acid groups (broad SMARTS) is 1. The summed E-state index contributed by atoms with van der Waals surface area (Å²) in [6.07, 6.45) is 2.90. The second kappa shape index (κ2) is 5.05. The van der Waals surface area contributed by atoms with Crippen LogP contribution in [0.4, 0.5) is 5.69 Å². The van der Waals surface area contributed by atoms with Gasteiger partial charge in [-0.05, 0) is 31.9 Å². The van der Waals surface area contributed by atoms with Crippen molar-refractivity contribution < 1.29 is 9.90 Å². The number of hydrogen-bond acceptors (Lipinski definition) is 4. The monoisotopic (exact) mass is 245 g/mol. The van der Waals surface area contributed by atoms with Crippen LogP contribution in [0.5, 0.6) is 0 Å². The first-order chi connectivity index (χ1) is 8.61. The molecule has 5 nitrogen and oxygen atoms in total. The molecule has 2 heterocycles. The fourth-order valence-electron chi connectivity index (χ4n) is 2.44. The molecule has 0 aromatic carbocycles. The lowest BCUT2D eigenvalue weighted by atomic mass is 9.91. The van der Waals surface area contributed by atoms with Crippen LogP contribution in [0.25, 0.3) is 0 Å². The maximum Gasteiger partial charge on any atom is 0.306 e. The highest BCUT2D eigenvalue weighted by atomic mass is 16.4. The number of piperidine rings is 1. The molecule has 18 heavy (non-hydrogen) atoms. The second-order valence-corrected chi connectivity index (χ2v) is 4.61. The predicted molar refractivity (Wildman–Crippen MR) is 66.1 cm³/mol. The fraction of sp³-hybridized carbons (Fsp3) is 0.462. The van der Waals surface area contributed by atoms with Gasteiger partial charge in [0.05, 0.1) is 5.92 Å². The molecule has 94 valence electrons. The van der Waals surface area contributed by atoms with Crippen LogP contribution in [0, 0.1) is 17.2 Å². The highest BCUT2D eigenvalue weighted by molar-refractivity contribution is 5.70.